The van der Waals surface area contributed by atoms with E-state index < -0.39 is 12.1 Å². The van der Waals surface area contributed by atoms with Gasteiger partial charge in [0.2, 0.25) is 11.8 Å². The zero-order chi connectivity index (χ0) is 31.7. The molecule has 0 aromatic heterocycles. The molecule has 1 aromatic carbocycles. The van der Waals surface area contributed by atoms with E-state index >= 15 is 0 Å². The number of hydroxylamine groups is 2. The lowest BCUT2D eigenvalue weighted by Gasteiger charge is -2.26. The van der Waals surface area contributed by atoms with E-state index in [9.17, 15) is 14.4 Å². The Morgan fingerprint density at radius 1 is 0.791 bits per heavy atom. The van der Waals surface area contributed by atoms with Crippen molar-refractivity contribution in [2.75, 3.05) is 52.8 Å². The van der Waals surface area contributed by atoms with Crippen molar-refractivity contribution in [2.45, 2.75) is 110 Å². The van der Waals surface area contributed by atoms with Crippen LogP contribution in [-0.2, 0) is 19.2 Å². The number of hydrogen-bond donors (Lipinski definition) is 3. The normalized spacial score (nSPS) is 11.7. The maximum absolute atomic E-state index is 13.0. The highest BCUT2D eigenvalue weighted by Gasteiger charge is 2.25. The summed E-state index contributed by atoms with van der Waals surface area (Å²) in [6.07, 6.45) is 13.9. The van der Waals surface area contributed by atoms with Crippen LogP contribution >= 0.6 is 0 Å². The van der Waals surface area contributed by atoms with Crippen LogP contribution in [0.15, 0.2) is 24.3 Å². The number of nitrogens with zero attached hydrogens (tertiary/aromatic N) is 2. The summed E-state index contributed by atoms with van der Waals surface area (Å²) in [7, 11) is 5.33. The molecule has 1 unspecified atom stereocenters. The third kappa shape index (κ3) is 19.1. The lowest BCUT2D eigenvalue weighted by atomic mass is 10.1. The quantitative estimate of drug-likeness (QED) is 0.0728. The molecular formula is C33H59N5O5. The first-order valence-corrected chi connectivity index (χ1v) is 16.4. The fourth-order valence-electron chi connectivity index (χ4n) is 4.63. The van der Waals surface area contributed by atoms with Crippen molar-refractivity contribution in [3.63, 3.8) is 0 Å². The predicted molar refractivity (Wildman–Crippen MR) is 174 cm³/mol. The van der Waals surface area contributed by atoms with E-state index in [0.29, 0.717) is 50.3 Å². The molecule has 3 amide bonds. The molecule has 0 saturated carbocycles. The Labute approximate surface area is 260 Å². The predicted octanol–water partition coefficient (Wildman–Crippen LogP) is 5.49. The monoisotopic (exact) mass is 605 g/mol. The third-order valence-corrected chi connectivity index (χ3v) is 7.15. The van der Waals surface area contributed by atoms with E-state index in [1.807, 2.05) is 19.0 Å². The highest BCUT2D eigenvalue weighted by Crippen LogP contribution is 2.17. The van der Waals surface area contributed by atoms with Crippen molar-refractivity contribution in [3.05, 3.63) is 24.3 Å². The smallest absolute Gasteiger partial charge is 0.289 e. The molecule has 1 aromatic rings. The lowest BCUT2D eigenvalue weighted by molar-refractivity contribution is -0.176. The second-order valence-corrected chi connectivity index (χ2v) is 11.3. The SMILES string of the molecule is CCCCCCCCCCCCNC(=O)CCCOc1ccc(NC(NC(=O)CCCN(C)C)C(=O)N(CC)OC)cc1. The van der Waals surface area contributed by atoms with Crippen LogP contribution in [-0.4, -0.2) is 81.3 Å². The summed E-state index contributed by atoms with van der Waals surface area (Å²) in [6, 6.07) is 7.16. The van der Waals surface area contributed by atoms with Gasteiger partial charge in [0.1, 0.15) is 5.75 Å². The Morgan fingerprint density at radius 2 is 1.40 bits per heavy atom. The Bertz CT molecular complexity index is 877. The second kappa shape index (κ2) is 24.6. The van der Waals surface area contributed by atoms with Crippen molar-refractivity contribution in [1.82, 2.24) is 20.6 Å². The fraction of sp³-hybridized carbons (Fsp3) is 0.727. The van der Waals surface area contributed by atoms with Gasteiger partial charge in [0.25, 0.3) is 5.91 Å². The number of rotatable bonds is 26. The van der Waals surface area contributed by atoms with Crippen LogP contribution < -0.4 is 20.7 Å². The molecule has 10 heteroatoms. The molecule has 0 fully saturated rings. The van der Waals surface area contributed by atoms with Gasteiger partial charge < -0.3 is 25.6 Å². The van der Waals surface area contributed by atoms with Crippen molar-refractivity contribution >= 4 is 23.4 Å². The van der Waals surface area contributed by atoms with Crippen molar-refractivity contribution < 1.29 is 24.0 Å². The molecule has 0 radical (unpaired) electrons. The Kier molecular flexibility index (Phi) is 21.8. The standard InChI is InChI=1S/C33H59N5O5/c1-6-8-9-10-11-12-13-14-15-16-25-34-30(39)20-18-27-43-29-23-21-28(22-24-29)35-32(33(41)38(7-2)42-5)36-31(40)19-17-26-37(3)4/h21-24,32,35H,6-20,25-27H2,1-5H3,(H,34,39)(H,36,40). The van der Waals surface area contributed by atoms with Crippen molar-refractivity contribution in [1.29, 1.82) is 0 Å². The molecule has 0 heterocycles. The van der Waals surface area contributed by atoms with Gasteiger partial charge in [-0.2, -0.15) is 0 Å². The molecule has 0 aliphatic carbocycles. The minimum Gasteiger partial charge on any atom is -0.494 e. The molecular weight excluding hydrogens is 546 g/mol. The topological polar surface area (TPSA) is 112 Å². The minimum absolute atomic E-state index is 0.0655. The number of nitrogens with one attached hydrogen (secondary N) is 3. The average molecular weight is 606 g/mol. The van der Waals surface area contributed by atoms with E-state index in [2.05, 4.69) is 22.9 Å². The van der Waals surface area contributed by atoms with Crippen LogP contribution in [0.1, 0.15) is 104 Å². The van der Waals surface area contributed by atoms with E-state index in [4.69, 9.17) is 9.57 Å². The highest BCUT2D eigenvalue weighted by molar-refractivity contribution is 5.89. The van der Waals surface area contributed by atoms with Gasteiger partial charge in [-0.1, -0.05) is 64.7 Å². The van der Waals surface area contributed by atoms with Crippen LogP contribution in [0, 0.1) is 0 Å². The first-order valence-electron chi connectivity index (χ1n) is 16.4. The number of benzene rings is 1. The van der Waals surface area contributed by atoms with Gasteiger partial charge in [0.15, 0.2) is 6.17 Å². The van der Waals surface area contributed by atoms with Crippen molar-refractivity contribution in [2.24, 2.45) is 0 Å². The Hall–Kier alpha value is -2.85. The summed E-state index contributed by atoms with van der Waals surface area (Å²) in [5, 5.41) is 10.1. The maximum atomic E-state index is 13.0. The van der Waals surface area contributed by atoms with E-state index in [1.54, 1.807) is 31.2 Å². The lowest BCUT2D eigenvalue weighted by Crippen LogP contribution is -2.52. The largest absolute Gasteiger partial charge is 0.494 e. The molecule has 246 valence electrons. The molecule has 0 aliphatic heterocycles. The van der Waals surface area contributed by atoms with Gasteiger partial charge in [-0.25, -0.2) is 5.06 Å². The molecule has 43 heavy (non-hydrogen) atoms. The second-order valence-electron chi connectivity index (χ2n) is 11.3. The fourth-order valence-corrected chi connectivity index (χ4v) is 4.63. The summed E-state index contributed by atoms with van der Waals surface area (Å²) in [6.45, 7) is 6.34. The molecule has 10 nitrogen and oxygen atoms in total. The molecule has 0 aliphatic rings. The molecule has 1 atom stereocenters. The molecule has 3 N–H and O–H groups in total. The van der Waals surface area contributed by atoms with Gasteiger partial charge in [-0.15, -0.1) is 0 Å². The Morgan fingerprint density at radius 3 is 1.98 bits per heavy atom. The maximum Gasteiger partial charge on any atom is 0.289 e. The van der Waals surface area contributed by atoms with Gasteiger partial charge in [0, 0.05) is 31.6 Å². The van der Waals surface area contributed by atoms with Gasteiger partial charge >= 0.3 is 0 Å². The summed E-state index contributed by atoms with van der Waals surface area (Å²) in [5.41, 5.74) is 0.651. The van der Waals surface area contributed by atoms with Gasteiger partial charge in [0.05, 0.1) is 13.7 Å². The van der Waals surface area contributed by atoms with E-state index in [1.165, 1.54) is 70.0 Å². The average Bonchev–Trinajstić information content (AvgIpc) is 2.99. The zero-order valence-corrected chi connectivity index (χ0v) is 27.6. The number of ether oxygens (including phenoxy) is 1. The summed E-state index contributed by atoms with van der Waals surface area (Å²) < 4.78 is 5.80. The number of unbranched alkanes of at least 4 members (excludes halogenated alkanes) is 9. The van der Waals surface area contributed by atoms with Crippen LogP contribution in [0.25, 0.3) is 0 Å². The molecule has 0 bridgehead atoms. The number of hydrogen-bond acceptors (Lipinski definition) is 7. The van der Waals surface area contributed by atoms with Crippen molar-refractivity contribution in [3.8, 4) is 5.75 Å². The molecule has 1 rings (SSSR count). The van der Waals surface area contributed by atoms with Gasteiger partial charge in [-0.05, 0) is 71.1 Å². The van der Waals surface area contributed by atoms with Crippen LogP contribution in [0.5, 0.6) is 5.75 Å². The van der Waals surface area contributed by atoms with Crippen LogP contribution in [0.2, 0.25) is 0 Å². The summed E-state index contributed by atoms with van der Waals surface area (Å²) in [4.78, 5) is 44.8. The number of amides is 3. The summed E-state index contributed by atoms with van der Waals surface area (Å²) >= 11 is 0. The minimum atomic E-state index is -0.975. The summed E-state index contributed by atoms with van der Waals surface area (Å²) in [5.74, 6) is 0.125. The van der Waals surface area contributed by atoms with E-state index in [-0.39, 0.29) is 11.8 Å². The zero-order valence-electron chi connectivity index (χ0n) is 27.6. The highest BCUT2D eigenvalue weighted by atomic mass is 16.7. The Balaban J connectivity index is 2.34. The number of carbonyl (C=O) groups excluding carboxylic acids is 3. The molecule has 0 saturated heterocycles. The number of anilines is 1. The van der Waals surface area contributed by atoms with Crippen LogP contribution in [0.4, 0.5) is 5.69 Å². The number of likely N-dealkylation sites (N-methyl/N-ethyl adjacent to an activating group) is 1. The first kappa shape index (κ1) is 38.2. The van der Waals surface area contributed by atoms with Crippen LogP contribution in [0.3, 0.4) is 0 Å². The molecule has 0 spiro atoms. The van der Waals surface area contributed by atoms with E-state index in [0.717, 1.165) is 19.5 Å². The number of carbonyl (C=O) groups is 3. The van der Waals surface area contributed by atoms with Gasteiger partial charge in [-0.3, -0.25) is 19.2 Å². The third-order valence-electron chi connectivity index (χ3n) is 7.15. The first-order chi connectivity index (χ1) is 20.8.